The maximum absolute atomic E-state index is 13.2. The molecule has 1 aromatic rings. The summed E-state index contributed by atoms with van der Waals surface area (Å²) in [5.74, 6) is -0.733. The number of carbonyl (C=O) groups excluding carboxylic acids is 1. The maximum Gasteiger partial charge on any atom is 0.238 e. The Kier molecular flexibility index (Phi) is 4.03. The van der Waals surface area contributed by atoms with E-state index in [1.165, 1.54) is 25.1 Å². The van der Waals surface area contributed by atoms with Crippen molar-refractivity contribution in [2.75, 3.05) is 11.9 Å². The number of nitrogens with zero attached hydrogens (tertiary/aromatic N) is 1. The van der Waals surface area contributed by atoms with E-state index in [0.717, 1.165) is 19.0 Å². The largest absolute Gasteiger partial charge is 0.322 e. The van der Waals surface area contributed by atoms with E-state index in [1.807, 2.05) is 0 Å². The van der Waals surface area contributed by atoms with Crippen molar-refractivity contribution in [1.82, 2.24) is 10.3 Å². The van der Waals surface area contributed by atoms with Crippen LogP contribution in [0.25, 0.3) is 0 Å². The number of hydrogen-bond acceptors (Lipinski definition) is 3. The summed E-state index contributed by atoms with van der Waals surface area (Å²) < 4.78 is 13.2. The molecule has 0 aromatic carbocycles. The van der Waals surface area contributed by atoms with Gasteiger partial charge >= 0.3 is 0 Å². The van der Waals surface area contributed by atoms with Crippen LogP contribution < -0.4 is 10.6 Å². The Hall–Kier alpha value is -1.49. The highest BCUT2D eigenvalue weighted by Crippen LogP contribution is 2.17. The van der Waals surface area contributed by atoms with Crippen LogP contribution in [-0.4, -0.2) is 23.5 Å². The molecule has 0 unspecified atom stereocenters. The zero-order chi connectivity index (χ0) is 12.1. The summed E-state index contributed by atoms with van der Waals surface area (Å²) >= 11 is 0. The fourth-order valence-electron chi connectivity index (χ4n) is 2.04. The minimum absolute atomic E-state index is 0.179. The van der Waals surface area contributed by atoms with Crippen LogP contribution in [0.5, 0.6) is 0 Å². The molecular weight excluding hydrogens is 221 g/mol. The number of hydrogen-bond donors (Lipinski definition) is 2. The molecule has 1 fully saturated rings. The average molecular weight is 237 g/mol. The van der Waals surface area contributed by atoms with Gasteiger partial charge in [-0.2, -0.15) is 0 Å². The Bertz CT molecular complexity index is 391. The first kappa shape index (κ1) is 12.0. The van der Waals surface area contributed by atoms with Gasteiger partial charge in [0.1, 0.15) is 0 Å². The molecule has 2 rings (SSSR count). The Balaban J connectivity index is 1.79. The molecule has 1 heterocycles. The van der Waals surface area contributed by atoms with Crippen LogP contribution >= 0.6 is 0 Å². The van der Waals surface area contributed by atoms with Crippen molar-refractivity contribution >= 4 is 11.6 Å². The van der Waals surface area contributed by atoms with Crippen LogP contribution in [-0.2, 0) is 4.79 Å². The summed E-state index contributed by atoms with van der Waals surface area (Å²) in [5.41, 5.74) is 0.179. The molecule has 1 saturated carbocycles. The van der Waals surface area contributed by atoms with E-state index in [9.17, 15) is 9.18 Å². The summed E-state index contributed by atoms with van der Waals surface area (Å²) in [6.45, 7) is 0.229. The Morgan fingerprint density at radius 3 is 2.94 bits per heavy atom. The van der Waals surface area contributed by atoms with E-state index in [4.69, 9.17) is 0 Å². The lowest BCUT2D eigenvalue weighted by atomic mass is 10.2. The van der Waals surface area contributed by atoms with Gasteiger partial charge in [0.25, 0.3) is 0 Å². The second-order valence-corrected chi connectivity index (χ2v) is 4.27. The molecule has 0 radical (unpaired) electrons. The second-order valence-electron chi connectivity index (χ2n) is 4.27. The fraction of sp³-hybridized carbons (Fsp3) is 0.500. The zero-order valence-corrected chi connectivity index (χ0v) is 9.58. The summed E-state index contributed by atoms with van der Waals surface area (Å²) in [7, 11) is 0. The van der Waals surface area contributed by atoms with Crippen molar-refractivity contribution < 1.29 is 9.18 Å². The summed E-state index contributed by atoms with van der Waals surface area (Å²) in [5, 5.41) is 5.69. The molecule has 1 aromatic heterocycles. The first-order valence-corrected chi connectivity index (χ1v) is 5.88. The van der Waals surface area contributed by atoms with Crippen molar-refractivity contribution in [3.8, 4) is 0 Å². The van der Waals surface area contributed by atoms with Gasteiger partial charge in [0.15, 0.2) is 5.82 Å². The smallest absolute Gasteiger partial charge is 0.238 e. The topological polar surface area (TPSA) is 54.0 Å². The highest BCUT2D eigenvalue weighted by Gasteiger charge is 2.15. The Labute approximate surface area is 99.6 Å². The van der Waals surface area contributed by atoms with Gasteiger partial charge in [-0.15, -0.1) is 0 Å². The molecule has 1 aliphatic carbocycles. The second kappa shape index (κ2) is 5.72. The average Bonchev–Trinajstić information content (AvgIpc) is 2.82. The Morgan fingerprint density at radius 2 is 2.24 bits per heavy atom. The van der Waals surface area contributed by atoms with Crippen molar-refractivity contribution in [2.45, 2.75) is 31.7 Å². The van der Waals surface area contributed by atoms with Gasteiger partial charge < -0.3 is 10.6 Å². The van der Waals surface area contributed by atoms with E-state index in [-0.39, 0.29) is 18.1 Å². The molecule has 1 aliphatic rings. The van der Waals surface area contributed by atoms with Crippen LogP contribution in [0.1, 0.15) is 25.7 Å². The van der Waals surface area contributed by atoms with Gasteiger partial charge in [-0.05, 0) is 18.9 Å². The van der Waals surface area contributed by atoms with Gasteiger partial charge in [0.2, 0.25) is 5.91 Å². The maximum atomic E-state index is 13.2. The number of anilines is 1. The van der Waals surface area contributed by atoms with Crippen molar-refractivity contribution in [2.24, 2.45) is 0 Å². The van der Waals surface area contributed by atoms with E-state index >= 15 is 0 Å². The van der Waals surface area contributed by atoms with E-state index < -0.39 is 5.82 Å². The summed E-state index contributed by atoms with van der Waals surface area (Å²) in [4.78, 5) is 15.2. The molecule has 2 N–H and O–H groups in total. The highest BCUT2D eigenvalue weighted by molar-refractivity contribution is 5.92. The normalized spacial score (nSPS) is 16.1. The number of halogens is 1. The zero-order valence-electron chi connectivity index (χ0n) is 9.58. The number of pyridine rings is 1. The molecule has 1 amide bonds. The minimum Gasteiger partial charge on any atom is -0.322 e. The molecule has 0 spiro atoms. The number of rotatable bonds is 4. The predicted molar refractivity (Wildman–Crippen MR) is 63.1 cm³/mol. The SMILES string of the molecule is O=C(CNC1CCCC1)Nc1ccncc1F. The third-order valence-electron chi connectivity index (χ3n) is 2.95. The number of aromatic nitrogens is 1. The van der Waals surface area contributed by atoms with Gasteiger partial charge in [-0.25, -0.2) is 4.39 Å². The van der Waals surface area contributed by atoms with Gasteiger partial charge in [0.05, 0.1) is 18.4 Å². The molecule has 0 bridgehead atoms. The molecule has 17 heavy (non-hydrogen) atoms. The van der Waals surface area contributed by atoms with Gasteiger partial charge in [-0.1, -0.05) is 12.8 Å². The van der Waals surface area contributed by atoms with E-state index in [0.29, 0.717) is 6.04 Å². The molecule has 92 valence electrons. The van der Waals surface area contributed by atoms with Crippen LogP contribution in [0, 0.1) is 5.82 Å². The summed E-state index contributed by atoms with van der Waals surface area (Å²) in [6, 6.07) is 1.88. The number of carbonyl (C=O) groups is 1. The molecule has 0 aliphatic heterocycles. The molecule has 0 saturated heterocycles. The lowest BCUT2D eigenvalue weighted by Gasteiger charge is -2.11. The lowest BCUT2D eigenvalue weighted by molar-refractivity contribution is -0.115. The van der Waals surface area contributed by atoms with Crippen LogP contribution in [0.15, 0.2) is 18.5 Å². The Morgan fingerprint density at radius 1 is 1.47 bits per heavy atom. The highest BCUT2D eigenvalue weighted by atomic mass is 19.1. The lowest BCUT2D eigenvalue weighted by Crippen LogP contribution is -2.34. The van der Waals surface area contributed by atoms with Gasteiger partial charge in [0, 0.05) is 12.2 Å². The number of nitrogens with one attached hydrogen (secondary N) is 2. The van der Waals surface area contributed by atoms with E-state index in [2.05, 4.69) is 15.6 Å². The van der Waals surface area contributed by atoms with Crippen LogP contribution in [0.2, 0.25) is 0 Å². The van der Waals surface area contributed by atoms with Crippen molar-refractivity contribution in [1.29, 1.82) is 0 Å². The molecule has 5 heteroatoms. The number of amides is 1. The van der Waals surface area contributed by atoms with Crippen LogP contribution in [0.3, 0.4) is 0 Å². The predicted octanol–water partition coefficient (Wildman–Crippen LogP) is 1.69. The molecule has 4 nitrogen and oxygen atoms in total. The third kappa shape index (κ3) is 3.49. The van der Waals surface area contributed by atoms with Crippen molar-refractivity contribution in [3.05, 3.63) is 24.3 Å². The third-order valence-corrected chi connectivity index (χ3v) is 2.95. The molecule has 0 atom stereocenters. The van der Waals surface area contributed by atoms with Crippen molar-refractivity contribution in [3.63, 3.8) is 0 Å². The van der Waals surface area contributed by atoms with Gasteiger partial charge in [-0.3, -0.25) is 9.78 Å². The summed E-state index contributed by atoms with van der Waals surface area (Å²) in [6.07, 6.45) is 7.22. The molecular formula is C12H16FN3O. The first-order valence-electron chi connectivity index (χ1n) is 5.88. The quantitative estimate of drug-likeness (QED) is 0.838. The van der Waals surface area contributed by atoms with Crippen LogP contribution in [0.4, 0.5) is 10.1 Å². The monoisotopic (exact) mass is 237 g/mol. The van der Waals surface area contributed by atoms with E-state index in [1.54, 1.807) is 0 Å². The minimum atomic E-state index is -0.512. The fourth-order valence-corrected chi connectivity index (χ4v) is 2.04. The first-order chi connectivity index (χ1) is 8.25. The standard InChI is InChI=1S/C12H16FN3O/c13-10-7-14-6-5-11(10)16-12(17)8-15-9-3-1-2-4-9/h5-7,9,15H,1-4,8H2,(H,14,16,17).